The molecule has 1 aliphatic heterocycles. The lowest BCUT2D eigenvalue weighted by molar-refractivity contribution is 0.151. The van der Waals surface area contributed by atoms with E-state index >= 15 is 0 Å². The lowest BCUT2D eigenvalue weighted by Gasteiger charge is -2.27. The number of aliphatic hydroxyl groups excluding tert-OH is 1. The first kappa shape index (κ1) is 14.3. The molecule has 1 saturated heterocycles. The molecule has 2 N–H and O–H groups in total. The Kier molecular flexibility index (Phi) is 4.67. The van der Waals surface area contributed by atoms with Gasteiger partial charge in [-0.05, 0) is 25.7 Å². The highest BCUT2D eigenvalue weighted by Crippen LogP contribution is 2.26. The minimum absolute atomic E-state index is 0.0813. The van der Waals surface area contributed by atoms with Gasteiger partial charge in [-0.1, -0.05) is 25.7 Å². The molecule has 2 rings (SSSR count). The summed E-state index contributed by atoms with van der Waals surface area (Å²) in [6, 6.07) is 0.0318. The van der Waals surface area contributed by atoms with Gasteiger partial charge in [0.05, 0.1) is 17.6 Å². The summed E-state index contributed by atoms with van der Waals surface area (Å²) >= 11 is 0. The lowest BCUT2D eigenvalue weighted by atomic mass is 9.92. The van der Waals surface area contributed by atoms with Crippen LogP contribution in [0.2, 0.25) is 0 Å². The fourth-order valence-corrected chi connectivity index (χ4v) is 5.03. The molecule has 106 valence electrons. The Balaban J connectivity index is 1.88. The SMILES string of the molecule is C[C@@H](NC1CS(=O)(=O)CC1O)C1CCCCCC1. The zero-order chi connectivity index (χ0) is 13.2. The van der Waals surface area contributed by atoms with Crippen LogP contribution in [-0.2, 0) is 9.84 Å². The van der Waals surface area contributed by atoms with Crippen molar-refractivity contribution in [1.82, 2.24) is 5.32 Å². The number of hydrogen-bond acceptors (Lipinski definition) is 4. The molecule has 0 aromatic carbocycles. The van der Waals surface area contributed by atoms with Crippen molar-refractivity contribution in [3.05, 3.63) is 0 Å². The Morgan fingerprint density at radius 1 is 1.11 bits per heavy atom. The Hall–Kier alpha value is -0.130. The molecule has 1 aliphatic carbocycles. The second kappa shape index (κ2) is 5.88. The van der Waals surface area contributed by atoms with E-state index in [2.05, 4.69) is 12.2 Å². The van der Waals surface area contributed by atoms with Crippen molar-refractivity contribution in [2.75, 3.05) is 11.5 Å². The molecule has 5 heteroatoms. The van der Waals surface area contributed by atoms with E-state index in [-0.39, 0.29) is 17.5 Å². The molecule has 2 fully saturated rings. The predicted molar refractivity (Wildman–Crippen MR) is 72.2 cm³/mol. The van der Waals surface area contributed by atoms with E-state index < -0.39 is 15.9 Å². The molecule has 0 radical (unpaired) electrons. The van der Waals surface area contributed by atoms with Crippen LogP contribution in [0.1, 0.15) is 45.4 Å². The van der Waals surface area contributed by atoms with Crippen molar-refractivity contribution in [2.45, 2.75) is 63.6 Å². The Morgan fingerprint density at radius 2 is 1.72 bits per heavy atom. The van der Waals surface area contributed by atoms with E-state index in [1.807, 2.05) is 0 Å². The zero-order valence-electron chi connectivity index (χ0n) is 11.1. The molecule has 0 spiro atoms. The van der Waals surface area contributed by atoms with Gasteiger partial charge in [-0.25, -0.2) is 8.42 Å². The van der Waals surface area contributed by atoms with Crippen molar-refractivity contribution in [1.29, 1.82) is 0 Å². The summed E-state index contributed by atoms with van der Waals surface area (Å²) in [5.41, 5.74) is 0. The van der Waals surface area contributed by atoms with Crippen LogP contribution in [0, 0.1) is 5.92 Å². The maximum Gasteiger partial charge on any atom is 0.154 e. The third-order valence-corrected chi connectivity index (χ3v) is 6.12. The number of nitrogens with one attached hydrogen (secondary N) is 1. The first-order chi connectivity index (χ1) is 8.48. The fourth-order valence-electron chi connectivity index (χ4n) is 3.27. The second-order valence-corrected chi connectivity index (χ2v) is 8.11. The molecule has 4 nitrogen and oxygen atoms in total. The van der Waals surface area contributed by atoms with Crippen LogP contribution in [0.3, 0.4) is 0 Å². The van der Waals surface area contributed by atoms with Crippen molar-refractivity contribution in [2.24, 2.45) is 5.92 Å². The largest absolute Gasteiger partial charge is 0.390 e. The van der Waals surface area contributed by atoms with Gasteiger partial charge in [-0.2, -0.15) is 0 Å². The molecule has 1 heterocycles. The highest BCUT2D eigenvalue weighted by Gasteiger charge is 2.37. The zero-order valence-corrected chi connectivity index (χ0v) is 12.0. The summed E-state index contributed by atoms with van der Waals surface area (Å²) in [6.45, 7) is 2.13. The van der Waals surface area contributed by atoms with E-state index in [0.717, 1.165) is 0 Å². The Morgan fingerprint density at radius 3 is 2.22 bits per heavy atom. The van der Waals surface area contributed by atoms with Crippen LogP contribution in [-0.4, -0.2) is 43.2 Å². The summed E-state index contributed by atoms with van der Waals surface area (Å²) in [5, 5.41) is 13.1. The topological polar surface area (TPSA) is 66.4 Å². The maximum atomic E-state index is 11.5. The van der Waals surface area contributed by atoms with Gasteiger partial charge >= 0.3 is 0 Å². The average Bonchev–Trinajstić information content (AvgIpc) is 2.50. The maximum absolute atomic E-state index is 11.5. The molecular weight excluding hydrogens is 250 g/mol. The van der Waals surface area contributed by atoms with Crippen molar-refractivity contribution in [3.8, 4) is 0 Å². The third-order valence-electron chi connectivity index (χ3n) is 4.41. The summed E-state index contributed by atoms with van der Waals surface area (Å²) in [7, 11) is -3.04. The summed E-state index contributed by atoms with van der Waals surface area (Å²) in [5.74, 6) is 0.635. The van der Waals surface area contributed by atoms with Crippen molar-refractivity contribution >= 4 is 9.84 Å². The average molecular weight is 275 g/mol. The van der Waals surface area contributed by atoms with Crippen LogP contribution in [0.5, 0.6) is 0 Å². The second-order valence-electron chi connectivity index (χ2n) is 5.96. The van der Waals surface area contributed by atoms with Gasteiger partial charge in [-0.15, -0.1) is 0 Å². The minimum atomic E-state index is -3.04. The minimum Gasteiger partial charge on any atom is -0.390 e. The smallest absolute Gasteiger partial charge is 0.154 e. The molecule has 0 bridgehead atoms. The Bertz CT molecular complexity index is 360. The van der Waals surface area contributed by atoms with Gasteiger partial charge in [-0.3, -0.25) is 0 Å². The molecule has 0 aromatic heterocycles. The van der Waals surface area contributed by atoms with Crippen LogP contribution in [0.15, 0.2) is 0 Å². The highest BCUT2D eigenvalue weighted by atomic mass is 32.2. The molecule has 0 aromatic rings. The fraction of sp³-hybridized carbons (Fsp3) is 1.00. The van der Waals surface area contributed by atoms with Gasteiger partial charge in [0, 0.05) is 12.1 Å². The number of sulfone groups is 1. The number of aliphatic hydroxyl groups is 1. The molecular formula is C13H25NO3S. The Labute approximate surface area is 110 Å². The van der Waals surface area contributed by atoms with Crippen LogP contribution in [0.25, 0.3) is 0 Å². The number of hydrogen-bond donors (Lipinski definition) is 2. The first-order valence-corrected chi connectivity index (χ1v) is 8.94. The first-order valence-electron chi connectivity index (χ1n) is 7.12. The normalized spacial score (nSPS) is 35.2. The van der Waals surface area contributed by atoms with E-state index in [9.17, 15) is 13.5 Å². The third kappa shape index (κ3) is 3.68. The highest BCUT2D eigenvalue weighted by molar-refractivity contribution is 7.91. The van der Waals surface area contributed by atoms with Crippen LogP contribution < -0.4 is 5.32 Å². The van der Waals surface area contributed by atoms with Crippen molar-refractivity contribution < 1.29 is 13.5 Å². The molecule has 1 saturated carbocycles. The molecule has 0 amide bonds. The quantitative estimate of drug-likeness (QED) is 0.757. The van der Waals surface area contributed by atoms with Gasteiger partial charge in [0.1, 0.15) is 0 Å². The molecule has 2 unspecified atom stereocenters. The van der Waals surface area contributed by atoms with Gasteiger partial charge < -0.3 is 10.4 Å². The van der Waals surface area contributed by atoms with Gasteiger partial charge in [0.25, 0.3) is 0 Å². The van der Waals surface area contributed by atoms with Crippen LogP contribution in [0.4, 0.5) is 0 Å². The summed E-state index contributed by atoms with van der Waals surface area (Å²) in [4.78, 5) is 0. The standard InChI is InChI=1S/C13H25NO3S/c1-10(11-6-4-2-3-5-7-11)14-12-8-18(16,17)9-13(12)15/h10-15H,2-9H2,1H3/t10-,12?,13?/m1/s1. The monoisotopic (exact) mass is 275 g/mol. The lowest BCUT2D eigenvalue weighted by Crippen LogP contribution is -2.46. The van der Waals surface area contributed by atoms with Crippen LogP contribution >= 0.6 is 0 Å². The predicted octanol–water partition coefficient (Wildman–Crippen LogP) is 1.09. The van der Waals surface area contributed by atoms with Gasteiger partial charge in [0.2, 0.25) is 0 Å². The molecule has 2 aliphatic rings. The van der Waals surface area contributed by atoms with E-state index in [4.69, 9.17) is 0 Å². The van der Waals surface area contributed by atoms with E-state index in [1.54, 1.807) is 0 Å². The molecule has 18 heavy (non-hydrogen) atoms. The van der Waals surface area contributed by atoms with Gasteiger partial charge in [0.15, 0.2) is 9.84 Å². The summed E-state index contributed by atoms with van der Waals surface area (Å²) in [6.07, 6.45) is 6.92. The van der Waals surface area contributed by atoms with Crippen molar-refractivity contribution in [3.63, 3.8) is 0 Å². The number of rotatable bonds is 3. The van der Waals surface area contributed by atoms with E-state index in [1.165, 1.54) is 38.5 Å². The molecule has 3 atom stereocenters. The van der Waals surface area contributed by atoms with E-state index in [0.29, 0.717) is 12.0 Å². The summed E-state index contributed by atoms with van der Waals surface area (Å²) < 4.78 is 22.9.